The Hall–Kier alpha value is -0.770. The predicted molar refractivity (Wildman–Crippen MR) is 46.2 cm³/mol. The Bertz CT molecular complexity index is 155. The molecule has 4 heteroatoms. The quantitative estimate of drug-likeness (QED) is 0.641. The van der Waals surface area contributed by atoms with Crippen LogP contribution in [0.5, 0.6) is 0 Å². The Balaban J connectivity index is 2.24. The van der Waals surface area contributed by atoms with Gasteiger partial charge in [0.05, 0.1) is 0 Å². The monoisotopic (exact) mass is 172 g/mol. The third-order valence-electron chi connectivity index (χ3n) is 2.26. The van der Waals surface area contributed by atoms with Gasteiger partial charge in [-0.25, -0.2) is 4.79 Å². The number of carboxylic acid groups (broad SMARTS) is 1. The minimum Gasteiger partial charge on any atom is -0.465 e. The fourth-order valence-electron chi connectivity index (χ4n) is 1.55. The van der Waals surface area contributed by atoms with Crippen LogP contribution in [0.25, 0.3) is 0 Å². The first kappa shape index (κ1) is 9.32. The Morgan fingerprint density at radius 2 is 2.50 bits per heavy atom. The predicted octanol–water partition coefficient (Wildman–Crippen LogP) is 0.596. The maximum absolute atomic E-state index is 10.5. The maximum Gasteiger partial charge on any atom is 0.407 e. The van der Waals surface area contributed by atoms with E-state index in [1.165, 1.54) is 4.90 Å². The molecule has 1 saturated heterocycles. The fourth-order valence-corrected chi connectivity index (χ4v) is 1.55. The molecule has 4 nitrogen and oxygen atoms in total. The van der Waals surface area contributed by atoms with Gasteiger partial charge in [0.15, 0.2) is 0 Å². The second-order valence-corrected chi connectivity index (χ2v) is 3.38. The number of piperidine rings is 1. The average Bonchev–Trinajstić information content (AvgIpc) is 2.06. The van der Waals surface area contributed by atoms with Crippen LogP contribution in [0.3, 0.4) is 0 Å². The van der Waals surface area contributed by atoms with E-state index in [0.29, 0.717) is 12.5 Å². The summed E-state index contributed by atoms with van der Waals surface area (Å²) >= 11 is 0. The van der Waals surface area contributed by atoms with E-state index in [0.717, 1.165) is 25.9 Å². The smallest absolute Gasteiger partial charge is 0.407 e. The molecule has 1 fully saturated rings. The molecule has 1 aliphatic rings. The van der Waals surface area contributed by atoms with Crippen molar-refractivity contribution in [3.05, 3.63) is 0 Å². The molecular weight excluding hydrogens is 156 g/mol. The summed E-state index contributed by atoms with van der Waals surface area (Å²) in [5.41, 5.74) is 0. The van der Waals surface area contributed by atoms with Crippen molar-refractivity contribution in [3.63, 3.8) is 0 Å². The number of amides is 1. The van der Waals surface area contributed by atoms with E-state index >= 15 is 0 Å². The highest BCUT2D eigenvalue weighted by molar-refractivity contribution is 5.64. The van der Waals surface area contributed by atoms with Gasteiger partial charge in [0.1, 0.15) is 0 Å². The zero-order valence-electron chi connectivity index (χ0n) is 7.42. The Kier molecular flexibility index (Phi) is 3.34. The van der Waals surface area contributed by atoms with E-state index in [-0.39, 0.29) is 0 Å². The summed E-state index contributed by atoms with van der Waals surface area (Å²) in [5.74, 6) is 0.500. The van der Waals surface area contributed by atoms with Crippen molar-refractivity contribution in [1.29, 1.82) is 0 Å². The highest BCUT2D eigenvalue weighted by Gasteiger charge is 2.16. The fraction of sp³-hybridized carbons (Fsp3) is 0.875. The first-order valence-electron chi connectivity index (χ1n) is 4.35. The normalized spacial score (nSPS) is 23.6. The van der Waals surface area contributed by atoms with Gasteiger partial charge in [-0.05, 0) is 31.8 Å². The van der Waals surface area contributed by atoms with Crippen molar-refractivity contribution < 1.29 is 9.90 Å². The van der Waals surface area contributed by atoms with Gasteiger partial charge in [-0.15, -0.1) is 0 Å². The lowest BCUT2D eigenvalue weighted by Gasteiger charge is -2.25. The molecule has 0 radical (unpaired) electrons. The van der Waals surface area contributed by atoms with Gasteiger partial charge >= 0.3 is 6.09 Å². The Labute approximate surface area is 72.6 Å². The minimum absolute atomic E-state index is 0.500. The van der Waals surface area contributed by atoms with E-state index < -0.39 is 6.09 Å². The number of hydrogen-bond acceptors (Lipinski definition) is 2. The summed E-state index contributed by atoms with van der Waals surface area (Å²) in [7, 11) is 1.62. The van der Waals surface area contributed by atoms with Crippen molar-refractivity contribution in [3.8, 4) is 0 Å². The molecule has 0 aromatic rings. The van der Waals surface area contributed by atoms with Crippen LogP contribution in [-0.2, 0) is 0 Å². The number of nitrogens with zero attached hydrogens (tertiary/aromatic N) is 1. The third-order valence-corrected chi connectivity index (χ3v) is 2.26. The van der Waals surface area contributed by atoms with Gasteiger partial charge in [0, 0.05) is 13.6 Å². The van der Waals surface area contributed by atoms with Crippen LogP contribution in [0.2, 0.25) is 0 Å². The molecule has 0 spiro atoms. The van der Waals surface area contributed by atoms with E-state index in [9.17, 15) is 4.79 Å². The van der Waals surface area contributed by atoms with Crippen molar-refractivity contribution in [2.24, 2.45) is 5.92 Å². The van der Waals surface area contributed by atoms with Crippen LogP contribution >= 0.6 is 0 Å². The van der Waals surface area contributed by atoms with E-state index in [1.54, 1.807) is 7.05 Å². The van der Waals surface area contributed by atoms with Gasteiger partial charge in [-0.1, -0.05) is 0 Å². The Morgan fingerprint density at radius 3 is 3.00 bits per heavy atom. The van der Waals surface area contributed by atoms with E-state index in [2.05, 4.69) is 5.32 Å². The first-order valence-corrected chi connectivity index (χ1v) is 4.35. The van der Waals surface area contributed by atoms with Gasteiger partial charge in [0.2, 0.25) is 0 Å². The lowest BCUT2D eigenvalue weighted by molar-refractivity contribution is 0.145. The van der Waals surface area contributed by atoms with Crippen molar-refractivity contribution in [2.45, 2.75) is 12.8 Å². The highest BCUT2D eigenvalue weighted by atomic mass is 16.4. The van der Waals surface area contributed by atoms with Crippen LogP contribution in [0.4, 0.5) is 4.79 Å². The Morgan fingerprint density at radius 1 is 1.75 bits per heavy atom. The van der Waals surface area contributed by atoms with Crippen LogP contribution in [0.1, 0.15) is 12.8 Å². The number of rotatable bonds is 2. The molecule has 0 aromatic heterocycles. The lowest BCUT2D eigenvalue weighted by atomic mass is 9.99. The van der Waals surface area contributed by atoms with Crippen LogP contribution in [-0.4, -0.2) is 42.8 Å². The summed E-state index contributed by atoms with van der Waals surface area (Å²) in [6.45, 7) is 2.69. The van der Waals surface area contributed by atoms with Crippen molar-refractivity contribution >= 4 is 6.09 Å². The summed E-state index contributed by atoms with van der Waals surface area (Å²) in [6, 6.07) is 0. The van der Waals surface area contributed by atoms with Gasteiger partial charge < -0.3 is 15.3 Å². The summed E-state index contributed by atoms with van der Waals surface area (Å²) in [5, 5.41) is 11.9. The zero-order valence-corrected chi connectivity index (χ0v) is 7.42. The van der Waals surface area contributed by atoms with Gasteiger partial charge in [-0.2, -0.15) is 0 Å². The zero-order chi connectivity index (χ0) is 8.97. The molecule has 1 atom stereocenters. The molecule has 70 valence electrons. The molecule has 2 N–H and O–H groups in total. The molecule has 0 aromatic carbocycles. The van der Waals surface area contributed by atoms with Crippen molar-refractivity contribution in [1.82, 2.24) is 10.2 Å². The van der Waals surface area contributed by atoms with Crippen LogP contribution in [0, 0.1) is 5.92 Å². The highest BCUT2D eigenvalue weighted by Crippen LogP contribution is 2.10. The maximum atomic E-state index is 10.5. The molecule has 12 heavy (non-hydrogen) atoms. The molecule has 0 saturated carbocycles. The summed E-state index contributed by atoms with van der Waals surface area (Å²) in [4.78, 5) is 11.8. The third kappa shape index (κ3) is 2.70. The minimum atomic E-state index is -0.833. The number of nitrogens with one attached hydrogen (secondary N) is 1. The summed E-state index contributed by atoms with van der Waals surface area (Å²) < 4.78 is 0. The number of carbonyl (C=O) groups is 1. The van der Waals surface area contributed by atoms with Crippen LogP contribution < -0.4 is 5.32 Å². The van der Waals surface area contributed by atoms with Gasteiger partial charge in [-0.3, -0.25) is 0 Å². The average molecular weight is 172 g/mol. The SMILES string of the molecule is CN(C[C@@H]1CCCNC1)C(=O)O. The molecule has 1 amide bonds. The van der Waals surface area contributed by atoms with E-state index in [4.69, 9.17) is 5.11 Å². The van der Waals surface area contributed by atoms with Crippen LogP contribution in [0.15, 0.2) is 0 Å². The molecule has 0 aliphatic carbocycles. The molecule has 1 heterocycles. The first-order chi connectivity index (χ1) is 5.70. The molecular formula is C8H16N2O2. The second-order valence-electron chi connectivity index (χ2n) is 3.38. The molecule has 0 bridgehead atoms. The van der Waals surface area contributed by atoms with Gasteiger partial charge in [0.25, 0.3) is 0 Å². The largest absolute Gasteiger partial charge is 0.465 e. The number of hydrogen-bond donors (Lipinski definition) is 2. The van der Waals surface area contributed by atoms with E-state index in [1.807, 2.05) is 0 Å². The second kappa shape index (κ2) is 4.30. The van der Waals surface area contributed by atoms with Crippen molar-refractivity contribution in [2.75, 3.05) is 26.7 Å². The molecule has 0 unspecified atom stereocenters. The molecule has 1 rings (SSSR count). The molecule has 1 aliphatic heterocycles. The lowest BCUT2D eigenvalue weighted by Crippen LogP contribution is -2.38. The topological polar surface area (TPSA) is 52.6 Å². The summed E-state index contributed by atoms with van der Waals surface area (Å²) in [6.07, 6.45) is 1.48. The standard InChI is InChI=1S/C8H16N2O2/c1-10(8(11)12)6-7-3-2-4-9-5-7/h7,9H,2-6H2,1H3,(H,11,12)/t7-/m1/s1.